The topological polar surface area (TPSA) is 55.1 Å². The molecule has 2 aromatic rings. The number of carbonyl (C=O) groups is 1. The van der Waals surface area contributed by atoms with Gasteiger partial charge in [0.2, 0.25) is 0 Å². The fraction of sp³-hybridized carbons (Fsp3) is 0.375. The van der Waals surface area contributed by atoms with E-state index in [2.05, 4.69) is 4.98 Å². The summed E-state index contributed by atoms with van der Waals surface area (Å²) in [5.41, 5.74) is 1.22. The van der Waals surface area contributed by atoms with Gasteiger partial charge in [0.05, 0.1) is 12.1 Å². The van der Waals surface area contributed by atoms with Gasteiger partial charge in [-0.3, -0.25) is 4.79 Å². The van der Waals surface area contributed by atoms with Crippen LogP contribution >= 0.6 is 0 Å². The van der Waals surface area contributed by atoms with Gasteiger partial charge in [-0.1, -0.05) is 6.07 Å². The number of aromatic nitrogens is 2. The minimum Gasteiger partial charge on any atom is -0.481 e. The number of aliphatic carboxylic acids is 1. The zero-order valence-corrected chi connectivity index (χ0v) is 11.8. The van der Waals surface area contributed by atoms with Gasteiger partial charge in [-0.25, -0.2) is 9.37 Å². The quantitative estimate of drug-likeness (QED) is 0.918. The van der Waals surface area contributed by atoms with Gasteiger partial charge in [0, 0.05) is 12.4 Å². The summed E-state index contributed by atoms with van der Waals surface area (Å²) in [7, 11) is 0. The van der Waals surface area contributed by atoms with Gasteiger partial charge in [0.1, 0.15) is 11.6 Å². The molecule has 1 aromatic carbocycles. The number of aryl methyl sites for hydroxylation is 1. The molecule has 0 bridgehead atoms. The van der Waals surface area contributed by atoms with Crippen LogP contribution in [0.2, 0.25) is 0 Å². The second-order valence-corrected chi connectivity index (χ2v) is 5.60. The van der Waals surface area contributed by atoms with Crippen molar-refractivity contribution in [2.75, 3.05) is 0 Å². The average Bonchev–Trinajstić information content (AvgIpc) is 3.18. The highest BCUT2D eigenvalue weighted by molar-refractivity contribution is 5.68. The van der Waals surface area contributed by atoms with Crippen molar-refractivity contribution in [1.82, 2.24) is 9.55 Å². The highest BCUT2D eigenvalue weighted by Gasteiger charge is 2.34. The zero-order chi connectivity index (χ0) is 15.0. The zero-order valence-electron chi connectivity index (χ0n) is 11.8. The molecule has 1 saturated carbocycles. The van der Waals surface area contributed by atoms with Crippen LogP contribution in [-0.4, -0.2) is 20.6 Å². The highest BCUT2D eigenvalue weighted by atomic mass is 19.1. The first kappa shape index (κ1) is 13.8. The number of halogens is 1. The number of rotatable bonds is 5. The van der Waals surface area contributed by atoms with E-state index in [1.54, 1.807) is 23.0 Å². The van der Waals surface area contributed by atoms with Crippen molar-refractivity contribution in [3.8, 4) is 5.69 Å². The van der Waals surface area contributed by atoms with E-state index < -0.39 is 5.97 Å². The maximum absolute atomic E-state index is 14.4. The molecule has 1 N–H and O–H groups in total. The van der Waals surface area contributed by atoms with Gasteiger partial charge < -0.3 is 9.67 Å². The van der Waals surface area contributed by atoms with E-state index in [4.69, 9.17) is 5.11 Å². The number of hydrogen-bond acceptors (Lipinski definition) is 2. The van der Waals surface area contributed by atoms with Crippen molar-refractivity contribution in [1.29, 1.82) is 0 Å². The molecule has 110 valence electrons. The molecular formula is C16H17FN2O2. The maximum atomic E-state index is 14.4. The van der Waals surface area contributed by atoms with E-state index in [1.807, 2.05) is 13.0 Å². The number of nitrogens with zero attached hydrogens (tertiary/aromatic N) is 2. The fourth-order valence-electron chi connectivity index (χ4n) is 2.83. The molecule has 0 radical (unpaired) electrons. The minimum atomic E-state index is -0.832. The Bertz CT molecular complexity index is 677. The van der Waals surface area contributed by atoms with Crippen LogP contribution in [0.4, 0.5) is 4.39 Å². The number of carboxylic acid groups (broad SMARTS) is 1. The third kappa shape index (κ3) is 2.82. The lowest BCUT2D eigenvalue weighted by Gasteiger charge is -2.16. The number of carboxylic acids is 1. The summed E-state index contributed by atoms with van der Waals surface area (Å²) in [5, 5.41) is 9.03. The van der Waals surface area contributed by atoms with Crippen molar-refractivity contribution < 1.29 is 14.3 Å². The average molecular weight is 288 g/mol. The van der Waals surface area contributed by atoms with Crippen LogP contribution in [-0.2, 0) is 4.79 Å². The molecular weight excluding hydrogens is 271 g/mol. The first-order chi connectivity index (χ1) is 10.1. The molecule has 0 aliphatic heterocycles. The van der Waals surface area contributed by atoms with Crippen LogP contribution in [0.1, 0.15) is 36.6 Å². The molecule has 1 aliphatic carbocycles. The minimum absolute atomic E-state index is 0.0631. The van der Waals surface area contributed by atoms with Crippen molar-refractivity contribution in [2.45, 2.75) is 32.1 Å². The smallest absolute Gasteiger partial charge is 0.303 e. The Labute approximate surface area is 122 Å². The number of hydrogen-bond donors (Lipinski definition) is 1. The standard InChI is InChI=1S/C16H17FN2O2/c1-10-18-6-7-19(10)15-5-4-12(8-14(15)17)13(9-16(20)21)11-2-3-11/h4-8,11,13H,2-3,9H2,1H3,(H,20,21). The molecule has 3 rings (SSSR count). The molecule has 0 spiro atoms. The molecule has 1 fully saturated rings. The Morgan fingerprint density at radius 1 is 1.52 bits per heavy atom. The SMILES string of the molecule is Cc1nccn1-c1ccc(C(CC(=O)O)C2CC2)cc1F. The summed E-state index contributed by atoms with van der Waals surface area (Å²) >= 11 is 0. The number of imidazole rings is 1. The van der Waals surface area contributed by atoms with Gasteiger partial charge in [0.15, 0.2) is 0 Å². The molecule has 1 aromatic heterocycles. The van der Waals surface area contributed by atoms with Crippen LogP contribution in [0.3, 0.4) is 0 Å². The lowest BCUT2D eigenvalue weighted by molar-refractivity contribution is -0.137. The normalized spacial score (nSPS) is 15.9. The third-order valence-electron chi connectivity index (χ3n) is 4.07. The molecule has 4 nitrogen and oxygen atoms in total. The van der Waals surface area contributed by atoms with Crippen molar-refractivity contribution in [3.63, 3.8) is 0 Å². The van der Waals surface area contributed by atoms with E-state index in [-0.39, 0.29) is 18.2 Å². The Balaban J connectivity index is 1.93. The van der Waals surface area contributed by atoms with Gasteiger partial charge >= 0.3 is 5.97 Å². The van der Waals surface area contributed by atoms with E-state index in [9.17, 15) is 9.18 Å². The van der Waals surface area contributed by atoms with E-state index in [0.29, 0.717) is 17.4 Å². The summed E-state index contributed by atoms with van der Waals surface area (Å²) in [5.74, 6) is -0.173. The Hall–Kier alpha value is -2.17. The number of benzene rings is 1. The third-order valence-corrected chi connectivity index (χ3v) is 4.07. The molecule has 1 aliphatic rings. The fourth-order valence-corrected chi connectivity index (χ4v) is 2.83. The van der Waals surface area contributed by atoms with Gasteiger partial charge in [-0.2, -0.15) is 0 Å². The van der Waals surface area contributed by atoms with Gasteiger partial charge in [0.25, 0.3) is 0 Å². The van der Waals surface area contributed by atoms with E-state index in [1.165, 1.54) is 6.07 Å². The summed E-state index contributed by atoms with van der Waals surface area (Å²) in [6.45, 7) is 1.81. The molecule has 0 amide bonds. The Morgan fingerprint density at radius 2 is 2.29 bits per heavy atom. The largest absolute Gasteiger partial charge is 0.481 e. The van der Waals surface area contributed by atoms with Crippen LogP contribution in [0.15, 0.2) is 30.6 Å². The van der Waals surface area contributed by atoms with Gasteiger partial charge in [-0.15, -0.1) is 0 Å². The predicted molar refractivity (Wildman–Crippen MR) is 76.0 cm³/mol. The second-order valence-electron chi connectivity index (χ2n) is 5.60. The maximum Gasteiger partial charge on any atom is 0.303 e. The molecule has 1 atom stereocenters. The van der Waals surface area contributed by atoms with Gasteiger partial charge in [-0.05, 0) is 49.3 Å². The molecule has 21 heavy (non-hydrogen) atoms. The lowest BCUT2D eigenvalue weighted by atomic mass is 9.91. The van der Waals surface area contributed by atoms with Crippen LogP contribution < -0.4 is 0 Å². The highest BCUT2D eigenvalue weighted by Crippen LogP contribution is 2.44. The van der Waals surface area contributed by atoms with Crippen LogP contribution in [0.5, 0.6) is 0 Å². The molecule has 0 saturated heterocycles. The van der Waals surface area contributed by atoms with Crippen LogP contribution in [0, 0.1) is 18.7 Å². The van der Waals surface area contributed by atoms with Crippen LogP contribution in [0.25, 0.3) is 5.69 Å². The van der Waals surface area contributed by atoms with E-state index >= 15 is 0 Å². The molecule has 5 heteroatoms. The van der Waals surface area contributed by atoms with Crippen molar-refractivity contribution >= 4 is 5.97 Å². The summed E-state index contributed by atoms with van der Waals surface area (Å²) in [6, 6.07) is 5.01. The second kappa shape index (κ2) is 5.31. The lowest BCUT2D eigenvalue weighted by Crippen LogP contribution is -2.09. The summed E-state index contributed by atoms with van der Waals surface area (Å²) in [6.07, 6.45) is 5.46. The first-order valence-corrected chi connectivity index (χ1v) is 7.08. The van der Waals surface area contributed by atoms with Crippen molar-refractivity contribution in [2.24, 2.45) is 5.92 Å². The molecule has 1 unspecified atom stereocenters. The summed E-state index contributed by atoms with van der Waals surface area (Å²) < 4.78 is 16.1. The summed E-state index contributed by atoms with van der Waals surface area (Å²) in [4.78, 5) is 15.1. The predicted octanol–water partition coefficient (Wildman–Crippen LogP) is 3.29. The van der Waals surface area contributed by atoms with E-state index in [0.717, 1.165) is 18.4 Å². The monoisotopic (exact) mass is 288 g/mol. The first-order valence-electron chi connectivity index (χ1n) is 7.08. The van der Waals surface area contributed by atoms with Crippen molar-refractivity contribution in [3.05, 3.63) is 47.8 Å². The Kier molecular flexibility index (Phi) is 3.49. The Morgan fingerprint density at radius 3 is 2.81 bits per heavy atom. The molecule has 1 heterocycles.